The first-order valence-corrected chi connectivity index (χ1v) is 3.96. The van der Waals surface area contributed by atoms with Gasteiger partial charge in [-0.15, -0.1) is 0 Å². The van der Waals surface area contributed by atoms with Gasteiger partial charge in [0, 0.05) is 6.54 Å². The molecule has 0 aromatic carbocycles. The van der Waals surface area contributed by atoms with E-state index in [1.54, 1.807) is 5.37 Å². The molecule has 1 saturated heterocycles. The normalized spacial score (nSPS) is 31.6. The number of ether oxygens (including phenoxy) is 1. The van der Waals surface area contributed by atoms with Crippen molar-refractivity contribution < 1.29 is 4.74 Å². The van der Waals surface area contributed by atoms with Crippen molar-refractivity contribution >= 4 is 17.6 Å². The van der Waals surface area contributed by atoms with E-state index < -0.39 is 0 Å². The molecule has 1 atom stereocenters. The Labute approximate surface area is 66.9 Å². The molecule has 1 fully saturated rings. The highest BCUT2D eigenvalue weighted by atomic mass is 32.1. The maximum atomic E-state index is 5.51. The van der Waals surface area contributed by atoms with Crippen LogP contribution in [0, 0.1) is 0 Å². The van der Waals surface area contributed by atoms with Gasteiger partial charge >= 0.3 is 0 Å². The molecule has 58 valence electrons. The van der Waals surface area contributed by atoms with Gasteiger partial charge in [0.25, 0.3) is 0 Å². The van der Waals surface area contributed by atoms with Gasteiger partial charge in [-0.3, -0.25) is 0 Å². The van der Waals surface area contributed by atoms with Gasteiger partial charge in [-0.1, -0.05) is 12.2 Å². The third-order valence-electron chi connectivity index (χ3n) is 1.83. The van der Waals surface area contributed by atoms with Gasteiger partial charge in [0.05, 0.1) is 18.2 Å². The molecule has 0 saturated carbocycles. The molecule has 1 aliphatic rings. The van der Waals surface area contributed by atoms with Gasteiger partial charge in [0.2, 0.25) is 0 Å². The average Bonchev–Trinajstić information content (AvgIpc) is 1.87. The molecular weight excluding hydrogens is 146 g/mol. The smallest absolute Gasteiger partial charge is 0.0823 e. The lowest BCUT2D eigenvalue weighted by Crippen LogP contribution is -2.55. The summed E-state index contributed by atoms with van der Waals surface area (Å²) in [6, 6.07) is 0.219. The van der Waals surface area contributed by atoms with E-state index in [9.17, 15) is 0 Å². The molecule has 0 aromatic rings. The van der Waals surface area contributed by atoms with Crippen molar-refractivity contribution in [1.82, 2.24) is 5.32 Å². The molecule has 0 amide bonds. The molecule has 2 nitrogen and oxygen atoms in total. The maximum Gasteiger partial charge on any atom is 0.0823 e. The zero-order valence-corrected chi connectivity index (χ0v) is 7.20. The quantitative estimate of drug-likeness (QED) is 0.571. The second kappa shape index (κ2) is 2.95. The first kappa shape index (κ1) is 8.11. The molecule has 0 radical (unpaired) electrons. The summed E-state index contributed by atoms with van der Waals surface area (Å²) in [5.41, 5.74) is -0.125. The van der Waals surface area contributed by atoms with Crippen molar-refractivity contribution in [2.24, 2.45) is 0 Å². The minimum absolute atomic E-state index is 0.125. The highest BCUT2D eigenvalue weighted by molar-refractivity contribution is 7.79. The molecule has 0 aliphatic carbocycles. The van der Waals surface area contributed by atoms with Crippen LogP contribution >= 0.6 is 12.2 Å². The molecular formula is C7H13NOS. The van der Waals surface area contributed by atoms with Crippen molar-refractivity contribution in [1.29, 1.82) is 0 Å². The molecule has 1 unspecified atom stereocenters. The summed E-state index contributed by atoms with van der Waals surface area (Å²) < 4.78 is 5.51. The SMILES string of the molecule is CC1(C)OCCNC1C=S. The van der Waals surface area contributed by atoms with Crippen molar-refractivity contribution in [3.8, 4) is 0 Å². The van der Waals surface area contributed by atoms with E-state index in [4.69, 9.17) is 17.0 Å². The highest BCUT2D eigenvalue weighted by Crippen LogP contribution is 2.16. The lowest BCUT2D eigenvalue weighted by molar-refractivity contribution is -0.0520. The van der Waals surface area contributed by atoms with Crippen molar-refractivity contribution in [3.63, 3.8) is 0 Å². The lowest BCUT2D eigenvalue weighted by atomic mass is 9.99. The summed E-state index contributed by atoms with van der Waals surface area (Å²) in [5.74, 6) is 0. The number of nitrogens with one attached hydrogen (secondary N) is 1. The number of thiocarbonyl (C=S) groups is 1. The lowest BCUT2D eigenvalue weighted by Gasteiger charge is -2.37. The molecule has 0 bridgehead atoms. The van der Waals surface area contributed by atoms with Crippen molar-refractivity contribution in [3.05, 3.63) is 0 Å². The van der Waals surface area contributed by atoms with E-state index in [1.165, 1.54) is 0 Å². The van der Waals surface area contributed by atoms with Crippen LogP contribution in [0.15, 0.2) is 0 Å². The van der Waals surface area contributed by atoms with Crippen molar-refractivity contribution in [2.75, 3.05) is 13.2 Å². The zero-order valence-electron chi connectivity index (χ0n) is 6.39. The molecule has 1 N–H and O–H groups in total. The Morgan fingerprint density at radius 3 is 2.80 bits per heavy atom. The average molecular weight is 159 g/mol. The summed E-state index contributed by atoms with van der Waals surface area (Å²) in [6.45, 7) is 5.78. The molecule has 0 spiro atoms. The summed E-state index contributed by atoms with van der Waals surface area (Å²) in [6.07, 6.45) is 0. The molecule has 3 heteroatoms. The molecule has 0 aromatic heterocycles. The van der Waals surface area contributed by atoms with Crippen LogP contribution in [0.3, 0.4) is 0 Å². The van der Waals surface area contributed by atoms with Crippen LogP contribution < -0.4 is 5.32 Å². The molecule has 10 heavy (non-hydrogen) atoms. The summed E-state index contributed by atoms with van der Waals surface area (Å²) in [7, 11) is 0. The van der Waals surface area contributed by atoms with E-state index in [-0.39, 0.29) is 11.6 Å². The Kier molecular flexibility index (Phi) is 2.39. The maximum absolute atomic E-state index is 5.51. The Morgan fingerprint density at radius 1 is 1.70 bits per heavy atom. The summed E-state index contributed by atoms with van der Waals surface area (Å²) in [4.78, 5) is 0. The summed E-state index contributed by atoms with van der Waals surface area (Å²) >= 11 is 4.85. The van der Waals surface area contributed by atoms with Crippen LogP contribution in [0.25, 0.3) is 0 Å². The number of hydrogen-bond acceptors (Lipinski definition) is 3. The molecule has 1 aliphatic heterocycles. The third kappa shape index (κ3) is 1.54. The minimum atomic E-state index is -0.125. The fourth-order valence-corrected chi connectivity index (χ4v) is 1.50. The Hall–Kier alpha value is 0.01000. The van der Waals surface area contributed by atoms with Gasteiger partial charge in [0.1, 0.15) is 0 Å². The van der Waals surface area contributed by atoms with Gasteiger partial charge < -0.3 is 10.1 Å². The second-order valence-electron chi connectivity index (χ2n) is 3.02. The van der Waals surface area contributed by atoms with Crippen LogP contribution in [0.4, 0.5) is 0 Å². The number of rotatable bonds is 1. The Bertz CT molecular complexity index is 136. The topological polar surface area (TPSA) is 21.3 Å². The second-order valence-corrected chi connectivity index (χ2v) is 3.29. The van der Waals surface area contributed by atoms with E-state index >= 15 is 0 Å². The van der Waals surface area contributed by atoms with Crippen LogP contribution in [0.5, 0.6) is 0 Å². The third-order valence-corrected chi connectivity index (χ3v) is 2.10. The largest absolute Gasteiger partial charge is 0.372 e. The monoisotopic (exact) mass is 159 g/mol. The van der Waals surface area contributed by atoms with E-state index in [0.717, 1.165) is 13.2 Å². The van der Waals surface area contributed by atoms with Crippen LogP contribution in [-0.4, -0.2) is 30.2 Å². The van der Waals surface area contributed by atoms with Crippen LogP contribution in [0.1, 0.15) is 13.8 Å². The van der Waals surface area contributed by atoms with Gasteiger partial charge in [-0.2, -0.15) is 0 Å². The summed E-state index contributed by atoms with van der Waals surface area (Å²) in [5, 5.41) is 5.01. The molecule has 1 rings (SSSR count). The van der Waals surface area contributed by atoms with Crippen molar-refractivity contribution in [2.45, 2.75) is 25.5 Å². The Balaban J connectivity index is 2.59. The first-order chi connectivity index (χ1) is 4.67. The predicted octanol–water partition coefficient (Wildman–Crippen LogP) is 0.753. The Morgan fingerprint density at radius 2 is 2.40 bits per heavy atom. The predicted molar refractivity (Wildman–Crippen MR) is 45.5 cm³/mol. The number of morpholine rings is 1. The highest BCUT2D eigenvalue weighted by Gasteiger charge is 2.30. The van der Waals surface area contributed by atoms with Gasteiger partial charge in [-0.05, 0) is 19.2 Å². The molecule has 1 heterocycles. The fourth-order valence-electron chi connectivity index (χ4n) is 1.08. The van der Waals surface area contributed by atoms with Gasteiger partial charge in [-0.25, -0.2) is 0 Å². The van der Waals surface area contributed by atoms with E-state index in [1.807, 2.05) is 13.8 Å². The van der Waals surface area contributed by atoms with Gasteiger partial charge in [0.15, 0.2) is 0 Å². The van der Waals surface area contributed by atoms with Crippen LogP contribution in [0.2, 0.25) is 0 Å². The minimum Gasteiger partial charge on any atom is -0.372 e. The number of hydrogen-bond donors (Lipinski definition) is 1. The fraction of sp³-hybridized carbons (Fsp3) is 0.857. The zero-order chi connectivity index (χ0) is 7.61. The van der Waals surface area contributed by atoms with E-state index in [2.05, 4.69) is 5.32 Å². The standard InChI is InChI=1S/C7H13NOS/c1-7(2)6(5-10)8-3-4-9-7/h5-6,8H,3-4H2,1-2H3. The van der Waals surface area contributed by atoms with Crippen LogP contribution in [-0.2, 0) is 4.74 Å². The first-order valence-electron chi connectivity index (χ1n) is 3.49. The van der Waals surface area contributed by atoms with E-state index in [0.29, 0.717) is 0 Å².